The highest BCUT2D eigenvalue weighted by Crippen LogP contribution is 2.16. The topological polar surface area (TPSA) is 27.7 Å². The van der Waals surface area contributed by atoms with Gasteiger partial charge in [0.05, 0.1) is 13.2 Å². The highest BCUT2D eigenvalue weighted by atomic mass is 32.1. The Hall–Kier alpha value is -2.02. The van der Waals surface area contributed by atoms with Crippen molar-refractivity contribution in [3.63, 3.8) is 0 Å². The van der Waals surface area contributed by atoms with Crippen molar-refractivity contribution < 1.29 is 9.13 Å². The molecule has 1 aliphatic rings. The van der Waals surface area contributed by atoms with E-state index in [1.807, 2.05) is 12.1 Å². The van der Waals surface area contributed by atoms with Crippen LogP contribution in [0.1, 0.15) is 23.1 Å². The maximum absolute atomic E-state index is 13.3. The van der Waals surface area contributed by atoms with Gasteiger partial charge in [0.2, 0.25) is 0 Å². The number of aryl methyl sites for hydroxylation is 2. The Bertz CT molecular complexity index is 806. The van der Waals surface area contributed by atoms with Gasteiger partial charge in [0.15, 0.2) is 5.11 Å². The van der Waals surface area contributed by atoms with E-state index in [1.165, 1.54) is 23.3 Å². The van der Waals surface area contributed by atoms with E-state index in [4.69, 9.17) is 17.0 Å². The molecule has 156 valence electrons. The molecule has 6 heteroatoms. The first-order valence-corrected chi connectivity index (χ1v) is 10.6. The molecule has 4 nitrogen and oxygen atoms in total. The molecule has 0 aliphatic carbocycles. The van der Waals surface area contributed by atoms with Crippen LogP contribution in [0.3, 0.4) is 0 Å². The first-order chi connectivity index (χ1) is 14.0. The van der Waals surface area contributed by atoms with Gasteiger partial charge in [0.1, 0.15) is 5.82 Å². The summed E-state index contributed by atoms with van der Waals surface area (Å²) in [6.07, 6.45) is 1.01. The number of nitrogens with zero attached hydrogens (tertiary/aromatic N) is 2. The van der Waals surface area contributed by atoms with Crippen LogP contribution in [0.2, 0.25) is 0 Å². The number of hydrogen-bond donors (Lipinski definition) is 1. The fourth-order valence-corrected chi connectivity index (χ4v) is 3.67. The Kier molecular flexibility index (Phi) is 7.98. The van der Waals surface area contributed by atoms with Crippen molar-refractivity contribution >= 4 is 23.0 Å². The number of hydrogen-bond acceptors (Lipinski definition) is 3. The summed E-state index contributed by atoms with van der Waals surface area (Å²) >= 11 is 5.74. The van der Waals surface area contributed by atoms with Crippen molar-refractivity contribution in [1.29, 1.82) is 0 Å². The number of anilines is 1. The third-order valence-electron chi connectivity index (χ3n) is 5.34. The lowest BCUT2D eigenvalue weighted by Crippen LogP contribution is -2.40. The van der Waals surface area contributed by atoms with Crippen molar-refractivity contribution in [3.8, 4) is 0 Å². The predicted octanol–water partition coefficient (Wildman–Crippen LogP) is 4.36. The third kappa shape index (κ3) is 6.77. The van der Waals surface area contributed by atoms with E-state index >= 15 is 0 Å². The minimum atomic E-state index is -0.219. The van der Waals surface area contributed by atoms with E-state index in [0.29, 0.717) is 11.7 Å². The second-order valence-electron chi connectivity index (χ2n) is 7.58. The lowest BCUT2D eigenvalue weighted by molar-refractivity contribution is 0.0368. The highest BCUT2D eigenvalue weighted by Gasteiger charge is 2.14. The zero-order chi connectivity index (χ0) is 20.6. The maximum atomic E-state index is 13.3. The maximum Gasteiger partial charge on any atom is 0.173 e. The van der Waals surface area contributed by atoms with Crippen LogP contribution < -0.4 is 5.32 Å². The van der Waals surface area contributed by atoms with Crippen molar-refractivity contribution in [1.82, 2.24) is 9.80 Å². The van der Waals surface area contributed by atoms with Gasteiger partial charge in [0.25, 0.3) is 0 Å². The van der Waals surface area contributed by atoms with Crippen LogP contribution in [0, 0.1) is 19.7 Å². The third-order valence-corrected chi connectivity index (χ3v) is 5.70. The van der Waals surface area contributed by atoms with Gasteiger partial charge in [-0.05, 0) is 73.4 Å². The Labute approximate surface area is 178 Å². The van der Waals surface area contributed by atoms with Crippen LogP contribution >= 0.6 is 12.2 Å². The van der Waals surface area contributed by atoms with Crippen LogP contribution in [0.15, 0.2) is 42.5 Å². The van der Waals surface area contributed by atoms with E-state index in [1.54, 1.807) is 0 Å². The summed E-state index contributed by atoms with van der Waals surface area (Å²) in [5, 5.41) is 4.07. The Morgan fingerprint density at radius 2 is 1.83 bits per heavy atom. The number of halogens is 1. The number of morpholine rings is 1. The molecule has 0 unspecified atom stereocenters. The molecule has 0 amide bonds. The second-order valence-corrected chi connectivity index (χ2v) is 7.97. The van der Waals surface area contributed by atoms with E-state index in [9.17, 15) is 4.39 Å². The van der Waals surface area contributed by atoms with Crippen LogP contribution in [0.4, 0.5) is 10.1 Å². The molecular formula is C23H30FN3OS. The summed E-state index contributed by atoms with van der Waals surface area (Å²) in [7, 11) is 0. The van der Waals surface area contributed by atoms with E-state index in [-0.39, 0.29) is 5.82 Å². The van der Waals surface area contributed by atoms with Crippen molar-refractivity contribution in [2.75, 3.05) is 44.7 Å². The van der Waals surface area contributed by atoms with Crippen molar-refractivity contribution in [3.05, 3.63) is 65.0 Å². The van der Waals surface area contributed by atoms with Gasteiger partial charge >= 0.3 is 0 Å². The van der Waals surface area contributed by atoms with Crippen molar-refractivity contribution in [2.45, 2.75) is 26.8 Å². The Balaban J connectivity index is 1.63. The molecule has 29 heavy (non-hydrogen) atoms. The summed E-state index contributed by atoms with van der Waals surface area (Å²) in [5.74, 6) is -0.219. The number of nitrogens with one attached hydrogen (secondary N) is 1. The van der Waals surface area contributed by atoms with Gasteiger partial charge in [0, 0.05) is 38.4 Å². The summed E-state index contributed by atoms with van der Waals surface area (Å²) in [6, 6.07) is 12.9. The molecule has 3 rings (SSSR count). The van der Waals surface area contributed by atoms with Crippen LogP contribution in [-0.2, 0) is 11.3 Å². The number of thiocarbonyl (C=S) groups is 1. The number of ether oxygens (including phenoxy) is 1. The number of benzene rings is 2. The molecule has 1 heterocycles. The molecule has 0 aromatic heterocycles. The second kappa shape index (κ2) is 10.7. The molecule has 1 fully saturated rings. The smallest absolute Gasteiger partial charge is 0.173 e. The normalized spacial score (nSPS) is 14.6. The Morgan fingerprint density at radius 1 is 1.10 bits per heavy atom. The number of rotatable bonds is 7. The summed E-state index contributed by atoms with van der Waals surface area (Å²) in [5.41, 5.74) is 4.53. The molecule has 0 radical (unpaired) electrons. The van der Waals surface area contributed by atoms with E-state index in [0.717, 1.165) is 57.1 Å². The average molecular weight is 416 g/mol. The van der Waals surface area contributed by atoms with Crippen LogP contribution in [0.5, 0.6) is 0 Å². The van der Waals surface area contributed by atoms with E-state index in [2.05, 4.69) is 47.2 Å². The van der Waals surface area contributed by atoms with Gasteiger partial charge < -0.3 is 15.0 Å². The summed E-state index contributed by atoms with van der Waals surface area (Å²) < 4.78 is 18.7. The molecule has 1 aliphatic heterocycles. The van der Waals surface area contributed by atoms with Gasteiger partial charge in [-0.3, -0.25) is 4.90 Å². The summed E-state index contributed by atoms with van der Waals surface area (Å²) in [6.45, 7) is 10.3. The monoisotopic (exact) mass is 415 g/mol. The lowest BCUT2D eigenvalue weighted by atomic mass is 10.1. The molecular weight excluding hydrogens is 385 g/mol. The minimum absolute atomic E-state index is 0.219. The zero-order valence-corrected chi connectivity index (χ0v) is 18.1. The lowest BCUT2D eigenvalue weighted by Gasteiger charge is -2.29. The molecule has 2 aromatic rings. The molecule has 1 N–H and O–H groups in total. The standard InChI is InChI=1S/C23H30FN3OS/c1-18-4-9-22(16-19(18)2)25-23(29)27(17-20-5-7-21(24)8-6-20)11-3-10-26-12-14-28-15-13-26/h4-9,16H,3,10-15,17H2,1-2H3,(H,25,29). The van der Waals surface area contributed by atoms with E-state index < -0.39 is 0 Å². The van der Waals surface area contributed by atoms with Crippen molar-refractivity contribution in [2.24, 2.45) is 0 Å². The first kappa shape index (κ1) is 21.7. The molecule has 0 spiro atoms. The van der Waals surface area contributed by atoms with Crippen LogP contribution in [-0.4, -0.2) is 54.3 Å². The minimum Gasteiger partial charge on any atom is -0.379 e. The molecule has 1 saturated heterocycles. The largest absolute Gasteiger partial charge is 0.379 e. The average Bonchev–Trinajstić information content (AvgIpc) is 2.72. The highest BCUT2D eigenvalue weighted by molar-refractivity contribution is 7.80. The Morgan fingerprint density at radius 3 is 2.52 bits per heavy atom. The fraction of sp³-hybridized carbons (Fsp3) is 0.435. The quantitative estimate of drug-likeness (QED) is 0.678. The van der Waals surface area contributed by atoms with Gasteiger partial charge in [-0.1, -0.05) is 18.2 Å². The van der Waals surface area contributed by atoms with Gasteiger partial charge in [-0.15, -0.1) is 0 Å². The molecule has 0 saturated carbocycles. The fourth-order valence-electron chi connectivity index (χ4n) is 3.39. The molecule has 2 aromatic carbocycles. The predicted molar refractivity (Wildman–Crippen MR) is 121 cm³/mol. The SMILES string of the molecule is Cc1ccc(NC(=S)N(CCCN2CCOCC2)Cc2ccc(F)cc2)cc1C. The zero-order valence-electron chi connectivity index (χ0n) is 17.3. The molecule has 0 atom stereocenters. The van der Waals surface area contributed by atoms with Gasteiger partial charge in [-0.25, -0.2) is 4.39 Å². The van der Waals surface area contributed by atoms with Gasteiger partial charge in [-0.2, -0.15) is 0 Å². The first-order valence-electron chi connectivity index (χ1n) is 10.2. The van der Waals surface area contributed by atoms with Crippen LogP contribution in [0.25, 0.3) is 0 Å². The summed E-state index contributed by atoms with van der Waals surface area (Å²) in [4.78, 5) is 4.59. The molecule has 0 bridgehead atoms.